The fourth-order valence-electron chi connectivity index (χ4n) is 2.20. The number of hydrogen-bond donors (Lipinski definition) is 1. The first-order chi connectivity index (χ1) is 8.79. The van der Waals surface area contributed by atoms with Crippen LogP contribution in [0.2, 0.25) is 0 Å². The molecule has 0 aliphatic heterocycles. The molecular weight excluding hydrogens is 218 g/mol. The average Bonchev–Trinajstić information content (AvgIpc) is 3.20. The molecule has 1 N–H and O–H groups in total. The van der Waals surface area contributed by atoms with Gasteiger partial charge in [0, 0.05) is 6.04 Å². The molecule has 1 fully saturated rings. The third kappa shape index (κ3) is 4.30. The molecule has 1 heteroatoms. The Bertz CT molecular complexity index is 385. The Balaban J connectivity index is 1.82. The van der Waals surface area contributed by atoms with Gasteiger partial charge in [-0.05, 0) is 55.9 Å². The second-order valence-electron chi connectivity index (χ2n) is 5.35. The van der Waals surface area contributed by atoms with Crippen LogP contribution in [0.1, 0.15) is 50.7 Å². The lowest BCUT2D eigenvalue weighted by atomic mass is 10.0. The molecule has 0 spiro atoms. The Morgan fingerprint density at radius 1 is 1.28 bits per heavy atom. The zero-order valence-electron chi connectivity index (χ0n) is 11.7. The van der Waals surface area contributed by atoms with Crippen LogP contribution in [-0.2, 0) is 6.42 Å². The summed E-state index contributed by atoms with van der Waals surface area (Å²) in [5.74, 6) is 0. The average molecular weight is 243 g/mol. The highest BCUT2D eigenvalue weighted by Gasteiger charge is 2.19. The predicted octanol–water partition coefficient (Wildman–Crippen LogP) is 4.18. The third-order valence-electron chi connectivity index (χ3n) is 3.55. The van der Waals surface area contributed by atoms with Gasteiger partial charge in [-0.3, -0.25) is 0 Å². The number of aryl methyl sites for hydroxylation is 1. The van der Waals surface area contributed by atoms with E-state index in [0.29, 0.717) is 0 Å². The van der Waals surface area contributed by atoms with E-state index in [1.807, 2.05) is 0 Å². The lowest BCUT2D eigenvalue weighted by Crippen LogP contribution is -2.16. The first kappa shape index (κ1) is 13.4. The highest BCUT2D eigenvalue weighted by Crippen LogP contribution is 2.19. The summed E-state index contributed by atoms with van der Waals surface area (Å²) in [4.78, 5) is 0. The molecule has 0 unspecified atom stereocenters. The summed E-state index contributed by atoms with van der Waals surface area (Å²) < 4.78 is 0. The van der Waals surface area contributed by atoms with Gasteiger partial charge < -0.3 is 5.32 Å². The van der Waals surface area contributed by atoms with Gasteiger partial charge in [0.05, 0.1) is 0 Å². The second kappa shape index (κ2) is 6.75. The minimum atomic E-state index is 0.826. The van der Waals surface area contributed by atoms with Crippen LogP contribution in [0, 0.1) is 0 Å². The molecule has 0 saturated heterocycles. The number of benzene rings is 1. The van der Waals surface area contributed by atoms with E-state index in [2.05, 4.69) is 49.5 Å². The van der Waals surface area contributed by atoms with E-state index in [1.165, 1.54) is 42.4 Å². The molecule has 0 atom stereocenters. The van der Waals surface area contributed by atoms with Gasteiger partial charge in [0.25, 0.3) is 0 Å². The third-order valence-corrected chi connectivity index (χ3v) is 3.55. The normalized spacial score (nSPS) is 16.0. The summed E-state index contributed by atoms with van der Waals surface area (Å²) in [5.41, 5.74) is 4.21. The standard InChI is InChI=1S/C17H25N/c1-3-5-15-7-9-16(10-8-15)14(2)6-4-13-18-17-11-12-17/h6-10,17-18H,3-5,11-13H2,1-2H3. The van der Waals surface area contributed by atoms with Gasteiger partial charge in [-0.25, -0.2) is 0 Å². The van der Waals surface area contributed by atoms with E-state index in [-0.39, 0.29) is 0 Å². The van der Waals surface area contributed by atoms with Crippen molar-refractivity contribution < 1.29 is 0 Å². The molecule has 98 valence electrons. The molecular formula is C17H25N. The summed E-state index contributed by atoms with van der Waals surface area (Å²) in [6, 6.07) is 9.86. The lowest BCUT2D eigenvalue weighted by Gasteiger charge is -2.05. The largest absolute Gasteiger partial charge is 0.314 e. The van der Waals surface area contributed by atoms with Crippen LogP contribution >= 0.6 is 0 Å². The quantitative estimate of drug-likeness (QED) is 0.708. The van der Waals surface area contributed by atoms with Crippen LogP contribution in [0.3, 0.4) is 0 Å². The number of hydrogen-bond acceptors (Lipinski definition) is 1. The van der Waals surface area contributed by atoms with Gasteiger partial charge in [-0.15, -0.1) is 0 Å². The molecule has 0 aromatic heterocycles. The summed E-state index contributed by atoms with van der Waals surface area (Å²) >= 11 is 0. The number of allylic oxidation sites excluding steroid dienone is 1. The van der Waals surface area contributed by atoms with E-state index >= 15 is 0 Å². The van der Waals surface area contributed by atoms with Crippen molar-refractivity contribution in [1.82, 2.24) is 5.32 Å². The first-order valence-electron chi connectivity index (χ1n) is 7.29. The molecule has 0 heterocycles. The lowest BCUT2D eigenvalue weighted by molar-refractivity contribution is 0.690. The molecule has 1 saturated carbocycles. The summed E-state index contributed by atoms with van der Waals surface area (Å²) in [6.07, 6.45) is 8.65. The molecule has 0 amide bonds. The summed E-state index contributed by atoms with van der Waals surface area (Å²) in [6.45, 7) is 5.56. The summed E-state index contributed by atoms with van der Waals surface area (Å²) in [5, 5.41) is 3.54. The van der Waals surface area contributed by atoms with Crippen LogP contribution in [-0.4, -0.2) is 12.6 Å². The molecule has 1 aliphatic carbocycles. The van der Waals surface area contributed by atoms with Gasteiger partial charge in [0.2, 0.25) is 0 Å². The van der Waals surface area contributed by atoms with Crippen LogP contribution in [0.4, 0.5) is 0 Å². The van der Waals surface area contributed by atoms with Crippen molar-refractivity contribution in [2.75, 3.05) is 6.54 Å². The van der Waals surface area contributed by atoms with Crippen molar-refractivity contribution in [1.29, 1.82) is 0 Å². The zero-order valence-corrected chi connectivity index (χ0v) is 11.7. The molecule has 18 heavy (non-hydrogen) atoms. The topological polar surface area (TPSA) is 12.0 Å². The van der Waals surface area contributed by atoms with Crippen LogP contribution in [0.15, 0.2) is 30.3 Å². The highest BCUT2D eigenvalue weighted by molar-refractivity contribution is 5.63. The maximum absolute atomic E-state index is 3.54. The second-order valence-corrected chi connectivity index (χ2v) is 5.35. The van der Waals surface area contributed by atoms with Gasteiger partial charge >= 0.3 is 0 Å². The van der Waals surface area contributed by atoms with Gasteiger partial charge in [-0.2, -0.15) is 0 Å². The minimum absolute atomic E-state index is 0.826. The predicted molar refractivity (Wildman–Crippen MR) is 79.7 cm³/mol. The Kier molecular flexibility index (Phi) is 5.00. The van der Waals surface area contributed by atoms with E-state index in [0.717, 1.165) is 19.0 Å². The summed E-state index contributed by atoms with van der Waals surface area (Å²) in [7, 11) is 0. The van der Waals surface area contributed by atoms with Crippen molar-refractivity contribution in [3.63, 3.8) is 0 Å². The molecule has 0 bridgehead atoms. The van der Waals surface area contributed by atoms with Crippen molar-refractivity contribution in [3.05, 3.63) is 41.5 Å². The molecule has 1 aromatic rings. The fourth-order valence-corrected chi connectivity index (χ4v) is 2.20. The van der Waals surface area contributed by atoms with E-state index in [9.17, 15) is 0 Å². The monoisotopic (exact) mass is 243 g/mol. The van der Waals surface area contributed by atoms with Gasteiger partial charge in [-0.1, -0.05) is 43.7 Å². The molecule has 0 radical (unpaired) electrons. The fraction of sp³-hybridized carbons (Fsp3) is 0.529. The Morgan fingerprint density at radius 2 is 2.00 bits per heavy atom. The highest BCUT2D eigenvalue weighted by atomic mass is 14.9. The Morgan fingerprint density at radius 3 is 2.61 bits per heavy atom. The van der Waals surface area contributed by atoms with E-state index in [1.54, 1.807) is 0 Å². The molecule has 1 aliphatic rings. The van der Waals surface area contributed by atoms with Crippen molar-refractivity contribution in [2.24, 2.45) is 0 Å². The van der Waals surface area contributed by atoms with Crippen LogP contribution in [0.5, 0.6) is 0 Å². The Labute approximate surface area is 111 Å². The SMILES string of the molecule is CCCc1ccc(C(C)=CCCNC2CC2)cc1. The van der Waals surface area contributed by atoms with Gasteiger partial charge in [0.15, 0.2) is 0 Å². The minimum Gasteiger partial charge on any atom is -0.314 e. The maximum Gasteiger partial charge on any atom is 0.00683 e. The number of nitrogens with one attached hydrogen (secondary N) is 1. The number of rotatable bonds is 7. The van der Waals surface area contributed by atoms with E-state index < -0.39 is 0 Å². The van der Waals surface area contributed by atoms with Crippen LogP contribution in [0.25, 0.3) is 5.57 Å². The van der Waals surface area contributed by atoms with Crippen molar-refractivity contribution >= 4 is 5.57 Å². The first-order valence-corrected chi connectivity index (χ1v) is 7.29. The van der Waals surface area contributed by atoms with Crippen molar-refractivity contribution in [3.8, 4) is 0 Å². The van der Waals surface area contributed by atoms with Crippen molar-refractivity contribution in [2.45, 2.75) is 52.0 Å². The molecule has 1 aromatic carbocycles. The van der Waals surface area contributed by atoms with Crippen LogP contribution < -0.4 is 5.32 Å². The molecule has 2 rings (SSSR count). The molecule has 1 nitrogen and oxygen atoms in total. The zero-order chi connectivity index (χ0) is 12.8. The Hall–Kier alpha value is -1.08. The van der Waals surface area contributed by atoms with E-state index in [4.69, 9.17) is 0 Å². The smallest absolute Gasteiger partial charge is 0.00683 e. The maximum atomic E-state index is 3.54. The van der Waals surface area contributed by atoms with Gasteiger partial charge in [0.1, 0.15) is 0 Å².